The molecule has 6 nitrogen and oxygen atoms in total. The lowest BCUT2D eigenvalue weighted by molar-refractivity contribution is 0.0527. The first-order valence-electron chi connectivity index (χ1n) is 9.49. The standard InChI is InChI=1S/C23H23N3O3/c1-3-16-9-11-18(12-10-16)26-22(27)17-13-19(15-24-14-17)25-21-8-6-5-7-20(21)23(28)29-4-2/h5-15,25H,3-4H2,1-2H3,(H,26,27). The van der Waals surface area contributed by atoms with Crippen molar-refractivity contribution >= 4 is 28.9 Å². The Hall–Kier alpha value is -3.67. The Kier molecular flexibility index (Phi) is 6.58. The van der Waals surface area contributed by atoms with Crippen LogP contribution in [0, 0.1) is 0 Å². The quantitative estimate of drug-likeness (QED) is 0.567. The molecule has 0 fully saturated rings. The van der Waals surface area contributed by atoms with Crippen molar-refractivity contribution in [2.24, 2.45) is 0 Å². The zero-order chi connectivity index (χ0) is 20.6. The number of amides is 1. The number of aromatic nitrogens is 1. The molecule has 29 heavy (non-hydrogen) atoms. The molecule has 6 heteroatoms. The van der Waals surface area contributed by atoms with Gasteiger partial charge in [0.1, 0.15) is 0 Å². The van der Waals surface area contributed by atoms with Gasteiger partial charge in [-0.2, -0.15) is 0 Å². The van der Waals surface area contributed by atoms with Gasteiger partial charge in [0.2, 0.25) is 0 Å². The monoisotopic (exact) mass is 389 g/mol. The van der Waals surface area contributed by atoms with Gasteiger partial charge in [0.15, 0.2) is 0 Å². The van der Waals surface area contributed by atoms with Gasteiger partial charge in [-0.25, -0.2) is 4.79 Å². The van der Waals surface area contributed by atoms with Crippen molar-refractivity contribution in [3.63, 3.8) is 0 Å². The van der Waals surface area contributed by atoms with Crippen LogP contribution in [0.5, 0.6) is 0 Å². The van der Waals surface area contributed by atoms with Crippen LogP contribution in [-0.4, -0.2) is 23.5 Å². The highest BCUT2D eigenvalue weighted by atomic mass is 16.5. The molecule has 148 valence electrons. The van der Waals surface area contributed by atoms with Gasteiger partial charge in [-0.05, 0) is 49.2 Å². The highest BCUT2D eigenvalue weighted by molar-refractivity contribution is 6.04. The number of nitrogens with one attached hydrogen (secondary N) is 2. The van der Waals surface area contributed by atoms with Gasteiger partial charge in [-0.3, -0.25) is 9.78 Å². The molecule has 1 amide bonds. The van der Waals surface area contributed by atoms with Crippen molar-refractivity contribution in [1.82, 2.24) is 4.98 Å². The van der Waals surface area contributed by atoms with Gasteiger partial charge in [-0.15, -0.1) is 0 Å². The minimum atomic E-state index is -0.409. The van der Waals surface area contributed by atoms with Crippen LogP contribution in [-0.2, 0) is 11.2 Å². The fourth-order valence-electron chi connectivity index (χ4n) is 2.79. The van der Waals surface area contributed by atoms with Crippen molar-refractivity contribution in [1.29, 1.82) is 0 Å². The molecule has 0 unspecified atom stereocenters. The minimum Gasteiger partial charge on any atom is -0.462 e. The fourth-order valence-corrected chi connectivity index (χ4v) is 2.79. The molecular formula is C23H23N3O3. The number of aryl methyl sites for hydroxylation is 1. The summed E-state index contributed by atoms with van der Waals surface area (Å²) in [7, 11) is 0. The molecule has 1 aromatic heterocycles. The number of pyridine rings is 1. The summed E-state index contributed by atoms with van der Waals surface area (Å²) in [5.74, 6) is -0.669. The Morgan fingerprint density at radius 2 is 1.72 bits per heavy atom. The summed E-state index contributed by atoms with van der Waals surface area (Å²) in [4.78, 5) is 28.9. The summed E-state index contributed by atoms with van der Waals surface area (Å²) in [5, 5.41) is 6.01. The SMILES string of the molecule is CCOC(=O)c1ccccc1Nc1cncc(C(=O)Nc2ccc(CC)cc2)c1. The molecular weight excluding hydrogens is 366 g/mol. The van der Waals surface area contributed by atoms with E-state index in [2.05, 4.69) is 22.5 Å². The second-order valence-electron chi connectivity index (χ2n) is 6.36. The number of benzene rings is 2. The fraction of sp³-hybridized carbons (Fsp3) is 0.174. The third-order valence-electron chi connectivity index (χ3n) is 4.32. The number of para-hydroxylation sites is 1. The number of hydrogen-bond donors (Lipinski definition) is 2. The highest BCUT2D eigenvalue weighted by Gasteiger charge is 2.13. The zero-order valence-electron chi connectivity index (χ0n) is 16.4. The smallest absolute Gasteiger partial charge is 0.340 e. The summed E-state index contributed by atoms with van der Waals surface area (Å²) in [6.45, 7) is 4.14. The second-order valence-corrected chi connectivity index (χ2v) is 6.36. The summed E-state index contributed by atoms with van der Waals surface area (Å²) < 4.78 is 5.09. The van der Waals surface area contributed by atoms with Crippen molar-refractivity contribution < 1.29 is 14.3 Å². The van der Waals surface area contributed by atoms with E-state index in [-0.39, 0.29) is 5.91 Å². The van der Waals surface area contributed by atoms with Crippen LogP contribution in [0.3, 0.4) is 0 Å². The topological polar surface area (TPSA) is 80.3 Å². The average molecular weight is 389 g/mol. The van der Waals surface area contributed by atoms with E-state index in [1.54, 1.807) is 37.4 Å². The zero-order valence-corrected chi connectivity index (χ0v) is 16.4. The van der Waals surface area contributed by atoms with Crippen LogP contribution in [0.1, 0.15) is 40.1 Å². The second kappa shape index (κ2) is 9.50. The van der Waals surface area contributed by atoms with Gasteiger partial charge in [-0.1, -0.05) is 31.2 Å². The van der Waals surface area contributed by atoms with E-state index in [4.69, 9.17) is 4.74 Å². The van der Waals surface area contributed by atoms with E-state index in [9.17, 15) is 9.59 Å². The van der Waals surface area contributed by atoms with Crippen LogP contribution in [0.15, 0.2) is 67.0 Å². The molecule has 0 bridgehead atoms. The number of anilines is 3. The number of carbonyl (C=O) groups excluding carboxylic acids is 2. The van der Waals surface area contributed by atoms with Crippen molar-refractivity contribution in [3.8, 4) is 0 Å². The summed E-state index contributed by atoms with van der Waals surface area (Å²) in [6, 6.07) is 16.4. The first-order chi connectivity index (χ1) is 14.1. The molecule has 0 saturated heterocycles. The predicted molar refractivity (Wildman–Crippen MR) is 114 cm³/mol. The molecule has 3 rings (SSSR count). The molecule has 0 atom stereocenters. The Morgan fingerprint density at radius 3 is 2.45 bits per heavy atom. The third-order valence-corrected chi connectivity index (χ3v) is 4.32. The molecule has 0 aliphatic heterocycles. The van der Waals surface area contributed by atoms with Crippen LogP contribution in [0.25, 0.3) is 0 Å². The molecule has 0 aliphatic rings. The Labute approximate surface area is 169 Å². The van der Waals surface area contributed by atoms with Crippen LogP contribution in [0.2, 0.25) is 0 Å². The maximum atomic E-state index is 12.6. The number of rotatable bonds is 7. The van der Waals surface area contributed by atoms with Crippen LogP contribution >= 0.6 is 0 Å². The van der Waals surface area contributed by atoms with E-state index in [0.717, 1.165) is 12.1 Å². The molecule has 2 N–H and O–H groups in total. The van der Waals surface area contributed by atoms with Crippen molar-refractivity contribution in [2.45, 2.75) is 20.3 Å². The lowest BCUT2D eigenvalue weighted by Crippen LogP contribution is -2.13. The van der Waals surface area contributed by atoms with E-state index in [1.807, 2.05) is 30.3 Å². The summed E-state index contributed by atoms with van der Waals surface area (Å²) in [6.07, 6.45) is 4.03. The molecule has 0 saturated carbocycles. The van der Waals surface area contributed by atoms with E-state index in [0.29, 0.717) is 29.1 Å². The van der Waals surface area contributed by atoms with E-state index in [1.165, 1.54) is 11.8 Å². The Balaban J connectivity index is 1.76. The molecule has 0 aliphatic carbocycles. The van der Waals surface area contributed by atoms with Gasteiger partial charge in [0.25, 0.3) is 5.91 Å². The number of hydrogen-bond acceptors (Lipinski definition) is 5. The molecule has 0 spiro atoms. The number of nitrogens with zero attached hydrogens (tertiary/aromatic N) is 1. The van der Waals surface area contributed by atoms with E-state index < -0.39 is 5.97 Å². The van der Waals surface area contributed by atoms with Crippen molar-refractivity contribution in [2.75, 3.05) is 17.2 Å². The first-order valence-corrected chi connectivity index (χ1v) is 9.49. The highest BCUT2D eigenvalue weighted by Crippen LogP contribution is 2.22. The Morgan fingerprint density at radius 1 is 0.966 bits per heavy atom. The predicted octanol–water partition coefficient (Wildman–Crippen LogP) is 4.82. The lowest BCUT2D eigenvalue weighted by Gasteiger charge is -2.12. The maximum Gasteiger partial charge on any atom is 0.340 e. The summed E-state index contributed by atoms with van der Waals surface area (Å²) >= 11 is 0. The van der Waals surface area contributed by atoms with Crippen molar-refractivity contribution in [3.05, 3.63) is 83.7 Å². The van der Waals surface area contributed by atoms with Crippen LogP contribution < -0.4 is 10.6 Å². The van der Waals surface area contributed by atoms with Crippen LogP contribution in [0.4, 0.5) is 17.1 Å². The largest absolute Gasteiger partial charge is 0.462 e. The van der Waals surface area contributed by atoms with Gasteiger partial charge >= 0.3 is 5.97 Å². The van der Waals surface area contributed by atoms with Gasteiger partial charge in [0, 0.05) is 11.9 Å². The number of ether oxygens (including phenoxy) is 1. The normalized spacial score (nSPS) is 10.3. The minimum absolute atomic E-state index is 0.260. The first kappa shape index (κ1) is 20.1. The molecule has 2 aromatic carbocycles. The van der Waals surface area contributed by atoms with E-state index >= 15 is 0 Å². The molecule has 1 heterocycles. The van der Waals surface area contributed by atoms with Gasteiger partial charge < -0.3 is 15.4 Å². The number of esters is 1. The summed E-state index contributed by atoms with van der Waals surface area (Å²) in [5.41, 5.74) is 3.92. The number of carbonyl (C=O) groups is 2. The lowest BCUT2D eigenvalue weighted by atomic mass is 10.1. The maximum absolute atomic E-state index is 12.6. The Bertz CT molecular complexity index is 1000. The third kappa shape index (κ3) is 5.19. The average Bonchev–Trinajstić information content (AvgIpc) is 2.75. The molecule has 3 aromatic rings. The van der Waals surface area contributed by atoms with Gasteiger partial charge in [0.05, 0.1) is 35.3 Å². The molecule has 0 radical (unpaired) electrons.